The third kappa shape index (κ3) is 2.68. The van der Waals surface area contributed by atoms with E-state index in [0.717, 1.165) is 9.35 Å². The maximum atomic E-state index is 12.2. The van der Waals surface area contributed by atoms with Crippen molar-refractivity contribution >= 4 is 33.2 Å². The van der Waals surface area contributed by atoms with Crippen LogP contribution in [0.15, 0.2) is 9.85 Å². The molecule has 17 heavy (non-hydrogen) atoms. The highest BCUT2D eigenvalue weighted by molar-refractivity contribution is 9.11. The second-order valence-corrected chi connectivity index (χ2v) is 6.18. The zero-order valence-electron chi connectivity index (χ0n) is 9.27. The number of aryl methyl sites for hydroxylation is 1. The Bertz CT molecular complexity index is 461. The maximum absolute atomic E-state index is 12.2. The minimum atomic E-state index is -0.503. The fourth-order valence-electron chi connectivity index (χ4n) is 1.63. The number of thiophene rings is 1. The molecule has 0 bridgehead atoms. The summed E-state index contributed by atoms with van der Waals surface area (Å²) in [5.74, 6) is -0.0210. The Morgan fingerprint density at radius 3 is 3.12 bits per heavy atom. The van der Waals surface area contributed by atoms with Crippen molar-refractivity contribution < 1.29 is 9.53 Å². The van der Waals surface area contributed by atoms with E-state index < -0.39 is 6.10 Å². The Morgan fingerprint density at radius 1 is 1.76 bits per heavy atom. The summed E-state index contributed by atoms with van der Waals surface area (Å²) in [5.41, 5.74) is 1.06. The van der Waals surface area contributed by atoms with Crippen LogP contribution in [-0.2, 0) is 4.74 Å². The fraction of sp³-hybridized carbons (Fsp3) is 0.455. The second kappa shape index (κ2) is 5.17. The third-order valence-corrected chi connectivity index (χ3v) is 4.69. The zero-order valence-corrected chi connectivity index (χ0v) is 11.7. The van der Waals surface area contributed by atoms with Crippen LogP contribution in [0, 0.1) is 18.3 Å². The van der Waals surface area contributed by atoms with Crippen molar-refractivity contribution in [2.75, 3.05) is 19.7 Å². The van der Waals surface area contributed by atoms with Gasteiger partial charge in [-0.1, -0.05) is 0 Å². The van der Waals surface area contributed by atoms with Crippen LogP contribution in [0.5, 0.6) is 0 Å². The van der Waals surface area contributed by atoms with Gasteiger partial charge in [-0.3, -0.25) is 4.79 Å². The summed E-state index contributed by atoms with van der Waals surface area (Å²) in [4.78, 5) is 14.6. The number of halogens is 1. The van der Waals surface area contributed by atoms with E-state index in [1.165, 1.54) is 11.3 Å². The first kappa shape index (κ1) is 12.6. The highest BCUT2D eigenvalue weighted by Crippen LogP contribution is 2.28. The molecule has 0 radical (unpaired) electrons. The van der Waals surface area contributed by atoms with Crippen molar-refractivity contribution in [2.45, 2.75) is 13.0 Å². The summed E-state index contributed by atoms with van der Waals surface area (Å²) < 4.78 is 6.19. The van der Waals surface area contributed by atoms with Gasteiger partial charge in [-0.05, 0) is 34.5 Å². The molecule has 1 aromatic heterocycles. The summed E-state index contributed by atoms with van der Waals surface area (Å²) in [5, 5.41) is 8.79. The fourth-order valence-corrected chi connectivity index (χ4v) is 3.14. The topological polar surface area (TPSA) is 53.3 Å². The molecule has 2 rings (SSSR count). The lowest BCUT2D eigenvalue weighted by molar-refractivity contribution is 0.00369. The van der Waals surface area contributed by atoms with Gasteiger partial charge >= 0.3 is 0 Å². The monoisotopic (exact) mass is 314 g/mol. The molecule has 0 spiro atoms. The average Bonchev–Trinajstić information content (AvgIpc) is 2.69. The predicted octanol–water partition coefficient (Wildman–Crippen LogP) is 2.18. The molecular weight excluding hydrogens is 304 g/mol. The molecule has 90 valence electrons. The standard InChI is InChI=1S/C11H11BrN2O2S/c1-7-4-9(17-10(7)12)11(15)14-2-3-16-8(5-13)6-14/h4,8H,2-3,6H2,1H3. The smallest absolute Gasteiger partial charge is 0.264 e. The Hall–Kier alpha value is -0.900. The van der Waals surface area contributed by atoms with E-state index in [0.29, 0.717) is 24.6 Å². The molecule has 1 aliphatic heterocycles. The lowest BCUT2D eigenvalue weighted by Crippen LogP contribution is -2.44. The van der Waals surface area contributed by atoms with Crippen LogP contribution in [0.3, 0.4) is 0 Å². The highest BCUT2D eigenvalue weighted by atomic mass is 79.9. The number of hydrogen-bond donors (Lipinski definition) is 0. The molecule has 1 aliphatic rings. The number of carbonyl (C=O) groups excluding carboxylic acids is 1. The van der Waals surface area contributed by atoms with E-state index in [1.807, 2.05) is 19.1 Å². The third-order valence-electron chi connectivity index (χ3n) is 2.57. The van der Waals surface area contributed by atoms with Crippen molar-refractivity contribution in [2.24, 2.45) is 0 Å². The summed E-state index contributed by atoms with van der Waals surface area (Å²) in [6.07, 6.45) is -0.503. The molecule has 2 heterocycles. The number of hydrogen-bond acceptors (Lipinski definition) is 4. The number of amides is 1. The maximum Gasteiger partial charge on any atom is 0.264 e. The average molecular weight is 315 g/mol. The molecule has 0 aliphatic carbocycles. The van der Waals surface area contributed by atoms with E-state index in [-0.39, 0.29) is 5.91 Å². The minimum Gasteiger partial charge on any atom is -0.360 e. The van der Waals surface area contributed by atoms with Gasteiger partial charge in [0, 0.05) is 6.54 Å². The van der Waals surface area contributed by atoms with Gasteiger partial charge in [-0.25, -0.2) is 0 Å². The molecule has 1 amide bonds. The Balaban J connectivity index is 2.12. The molecule has 0 saturated carbocycles. The normalized spacial score (nSPS) is 20.1. The first-order valence-corrected chi connectivity index (χ1v) is 6.79. The molecule has 1 atom stereocenters. The van der Waals surface area contributed by atoms with E-state index in [9.17, 15) is 4.79 Å². The van der Waals surface area contributed by atoms with Crippen molar-refractivity contribution in [3.05, 3.63) is 20.3 Å². The SMILES string of the molecule is Cc1cc(C(=O)N2CCOC(C#N)C2)sc1Br. The number of rotatable bonds is 1. The van der Waals surface area contributed by atoms with Crippen LogP contribution in [0.1, 0.15) is 15.2 Å². The largest absolute Gasteiger partial charge is 0.360 e. The first-order chi connectivity index (χ1) is 8.11. The minimum absolute atomic E-state index is 0.0210. The number of ether oxygens (including phenoxy) is 1. The number of carbonyl (C=O) groups is 1. The van der Waals surface area contributed by atoms with Crippen LogP contribution >= 0.6 is 27.3 Å². The van der Waals surface area contributed by atoms with Gasteiger partial charge in [0.25, 0.3) is 5.91 Å². The highest BCUT2D eigenvalue weighted by Gasteiger charge is 2.25. The summed E-state index contributed by atoms with van der Waals surface area (Å²) >= 11 is 4.83. The predicted molar refractivity (Wildman–Crippen MR) is 68.0 cm³/mol. The van der Waals surface area contributed by atoms with E-state index in [4.69, 9.17) is 10.00 Å². The van der Waals surface area contributed by atoms with Crippen LogP contribution in [0.2, 0.25) is 0 Å². The van der Waals surface area contributed by atoms with E-state index in [2.05, 4.69) is 15.9 Å². The van der Waals surface area contributed by atoms with Crippen LogP contribution < -0.4 is 0 Å². The van der Waals surface area contributed by atoms with Gasteiger partial charge in [-0.2, -0.15) is 5.26 Å². The molecule has 1 fully saturated rings. The number of nitrogens with zero attached hydrogens (tertiary/aromatic N) is 2. The molecule has 4 nitrogen and oxygen atoms in total. The number of nitriles is 1. The molecule has 6 heteroatoms. The van der Waals surface area contributed by atoms with Crippen molar-refractivity contribution in [3.63, 3.8) is 0 Å². The van der Waals surface area contributed by atoms with E-state index in [1.54, 1.807) is 4.90 Å². The van der Waals surface area contributed by atoms with Crippen molar-refractivity contribution in [1.29, 1.82) is 5.26 Å². The first-order valence-electron chi connectivity index (χ1n) is 5.18. The molecular formula is C11H11BrN2O2S. The van der Waals surface area contributed by atoms with Gasteiger partial charge in [-0.15, -0.1) is 11.3 Å². The van der Waals surface area contributed by atoms with Gasteiger partial charge in [0.15, 0.2) is 6.10 Å². The van der Waals surface area contributed by atoms with Crippen LogP contribution in [0.4, 0.5) is 0 Å². The van der Waals surface area contributed by atoms with Gasteiger partial charge in [0.2, 0.25) is 0 Å². The quantitative estimate of drug-likeness (QED) is 0.798. The Kier molecular flexibility index (Phi) is 3.82. The van der Waals surface area contributed by atoms with Gasteiger partial charge in [0.1, 0.15) is 0 Å². The van der Waals surface area contributed by atoms with Gasteiger partial charge < -0.3 is 9.64 Å². The molecule has 0 N–H and O–H groups in total. The van der Waals surface area contributed by atoms with Crippen molar-refractivity contribution in [1.82, 2.24) is 4.90 Å². The van der Waals surface area contributed by atoms with Crippen molar-refractivity contribution in [3.8, 4) is 6.07 Å². The Morgan fingerprint density at radius 2 is 2.53 bits per heavy atom. The van der Waals surface area contributed by atoms with Crippen LogP contribution in [0.25, 0.3) is 0 Å². The Labute approximate surface area is 112 Å². The van der Waals surface area contributed by atoms with Crippen LogP contribution in [-0.4, -0.2) is 36.6 Å². The molecule has 1 aromatic rings. The zero-order chi connectivity index (χ0) is 12.4. The second-order valence-electron chi connectivity index (χ2n) is 3.81. The summed E-state index contributed by atoms with van der Waals surface area (Å²) in [7, 11) is 0. The van der Waals surface area contributed by atoms with E-state index >= 15 is 0 Å². The lowest BCUT2D eigenvalue weighted by Gasteiger charge is -2.29. The van der Waals surface area contributed by atoms with Gasteiger partial charge in [0.05, 0.1) is 27.9 Å². The summed E-state index contributed by atoms with van der Waals surface area (Å²) in [6.45, 7) is 3.28. The lowest BCUT2D eigenvalue weighted by atomic mass is 10.2. The molecule has 0 aromatic carbocycles. The molecule has 1 unspecified atom stereocenters. The molecule has 1 saturated heterocycles. The number of morpholine rings is 1. The summed E-state index contributed by atoms with van der Waals surface area (Å²) in [6, 6.07) is 3.90.